The third-order valence-corrected chi connectivity index (χ3v) is 4.53. The van der Waals surface area contributed by atoms with Crippen LogP contribution in [0.1, 0.15) is 41.1 Å². The highest BCUT2D eigenvalue weighted by molar-refractivity contribution is 6.04. The average molecular weight is 434 g/mol. The number of benzene rings is 1. The van der Waals surface area contributed by atoms with Crippen molar-refractivity contribution < 1.29 is 19.1 Å². The molecule has 164 valence electrons. The van der Waals surface area contributed by atoms with Gasteiger partial charge in [0.25, 0.3) is 11.8 Å². The predicted octanol–water partition coefficient (Wildman–Crippen LogP) is 2.94. The summed E-state index contributed by atoms with van der Waals surface area (Å²) < 4.78 is 11.5. The van der Waals surface area contributed by atoms with Gasteiger partial charge in [0.2, 0.25) is 5.88 Å². The number of nitrogens with one attached hydrogen (secondary N) is 1. The molecular weight excluding hydrogens is 412 g/mol. The molecule has 1 N–H and O–H groups in total. The van der Waals surface area contributed by atoms with E-state index in [9.17, 15) is 9.59 Å². The van der Waals surface area contributed by atoms with Crippen molar-refractivity contribution in [3.05, 3.63) is 60.4 Å². The maximum atomic E-state index is 12.7. The Morgan fingerprint density at radius 2 is 1.81 bits per heavy atom. The molecule has 4 rings (SSSR count). The molecule has 1 fully saturated rings. The van der Waals surface area contributed by atoms with Crippen LogP contribution in [0.3, 0.4) is 0 Å². The standard InChI is InChI=1S/C22H22N6O4/c1-14(2)31-16-8-15(21(29)27-19-12-23-4-5-24-19)9-17(10-16)32-20-13-25-18(11-26-20)22(30)28-6-3-7-28/h4-5,8-14H,3,6-7H2,1-2H3,(H,24,27,29). The van der Waals surface area contributed by atoms with Gasteiger partial charge in [-0.1, -0.05) is 0 Å². The smallest absolute Gasteiger partial charge is 0.274 e. The fourth-order valence-electron chi connectivity index (χ4n) is 2.94. The Morgan fingerprint density at radius 1 is 1.00 bits per heavy atom. The van der Waals surface area contributed by atoms with Crippen molar-refractivity contribution in [1.82, 2.24) is 24.8 Å². The van der Waals surface area contributed by atoms with Crippen LogP contribution in [0.5, 0.6) is 17.4 Å². The first-order valence-electron chi connectivity index (χ1n) is 10.2. The second-order valence-corrected chi connectivity index (χ2v) is 7.39. The Morgan fingerprint density at radius 3 is 2.44 bits per heavy atom. The van der Waals surface area contributed by atoms with E-state index >= 15 is 0 Å². The van der Waals surface area contributed by atoms with Gasteiger partial charge in [0.15, 0.2) is 5.82 Å². The summed E-state index contributed by atoms with van der Waals surface area (Å²) in [5.41, 5.74) is 0.569. The molecule has 10 nitrogen and oxygen atoms in total. The van der Waals surface area contributed by atoms with Crippen LogP contribution in [-0.2, 0) is 0 Å². The van der Waals surface area contributed by atoms with Crippen LogP contribution in [0.4, 0.5) is 5.82 Å². The second-order valence-electron chi connectivity index (χ2n) is 7.39. The molecule has 0 radical (unpaired) electrons. The zero-order chi connectivity index (χ0) is 22.5. The van der Waals surface area contributed by atoms with Crippen LogP contribution < -0.4 is 14.8 Å². The molecule has 10 heteroatoms. The van der Waals surface area contributed by atoms with Crippen molar-refractivity contribution in [2.45, 2.75) is 26.4 Å². The molecule has 1 saturated heterocycles. The number of hydrogen-bond acceptors (Lipinski definition) is 8. The van der Waals surface area contributed by atoms with Gasteiger partial charge in [-0.25, -0.2) is 15.0 Å². The zero-order valence-corrected chi connectivity index (χ0v) is 17.7. The van der Waals surface area contributed by atoms with E-state index in [1.54, 1.807) is 23.1 Å². The number of carbonyl (C=O) groups is 2. The Kier molecular flexibility index (Phi) is 6.20. The van der Waals surface area contributed by atoms with Gasteiger partial charge in [-0.3, -0.25) is 14.6 Å². The molecule has 2 aromatic heterocycles. The molecule has 3 heterocycles. The lowest BCUT2D eigenvalue weighted by Crippen LogP contribution is -2.42. The highest BCUT2D eigenvalue weighted by Crippen LogP contribution is 2.27. The Hall–Kier alpha value is -4.08. The number of likely N-dealkylation sites (tertiary alicyclic amines) is 1. The maximum Gasteiger partial charge on any atom is 0.274 e. The lowest BCUT2D eigenvalue weighted by Gasteiger charge is -2.30. The number of nitrogens with zero attached hydrogens (tertiary/aromatic N) is 5. The first kappa shape index (κ1) is 21.2. The van der Waals surface area contributed by atoms with Crippen LogP contribution in [0.25, 0.3) is 0 Å². The number of rotatable bonds is 7. The van der Waals surface area contributed by atoms with E-state index in [2.05, 4.69) is 25.3 Å². The fourth-order valence-corrected chi connectivity index (χ4v) is 2.94. The first-order valence-corrected chi connectivity index (χ1v) is 10.2. The molecule has 1 aromatic carbocycles. The van der Waals surface area contributed by atoms with Crippen LogP contribution in [0.2, 0.25) is 0 Å². The number of carbonyl (C=O) groups excluding carboxylic acids is 2. The van der Waals surface area contributed by atoms with Crippen LogP contribution in [0, 0.1) is 0 Å². The molecular formula is C22H22N6O4. The predicted molar refractivity (Wildman–Crippen MR) is 115 cm³/mol. The van der Waals surface area contributed by atoms with Gasteiger partial charge in [0.05, 0.1) is 24.7 Å². The van der Waals surface area contributed by atoms with Crippen LogP contribution in [0.15, 0.2) is 49.2 Å². The molecule has 2 amide bonds. The van der Waals surface area contributed by atoms with Gasteiger partial charge in [-0.05, 0) is 32.4 Å². The van der Waals surface area contributed by atoms with Gasteiger partial charge in [0.1, 0.15) is 17.2 Å². The first-order chi connectivity index (χ1) is 15.5. The Balaban J connectivity index is 1.53. The van der Waals surface area contributed by atoms with Crippen molar-refractivity contribution in [1.29, 1.82) is 0 Å². The lowest BCUT2D eigenvalue weighted by molar-refractivity contribution is 0.0645. The maximum absolute atomic E-state index is 12.7. The minimum atomic E-state index is -0.397. The molecule has 0 saturated carbocycles. The van der Waals surface area contributed by atoms with E-state index in [0.29, 0.717) is 22.9 Å². The summed E-state index contributed by atoms with van der Waals surface area (Å²) in [6.45, 7) is 5.24. The fraction of sp³-hybridized carbons (Fsp3) is 0.273. The summed E-state index contributed by atoms with van der Waals surface area (Å²) in [5, 5.41) is 2.68. The number of amides is 2. The number of ether oxygens (including phenoxy) is 2. The average Bonchev–Trinajstić information content (AvgIpc) is 2.73. The van der Waals surface area contributed by atoms with E-state index < -0.39 is 5.91 Å². The van der Waals surface area contributed by atoms with Crippen molar-refractivity contribution in [3.63, 3.8) is 0 Å². The molecule has 0 atom stereocenters. The summed E-state index contributed by atoms with van der Waals surface area (Å²) in [4.78, 5) is 43.0. The SMILES string of the molecule is CC(C)Oc1cc(Oc2cnc(C(=O)N3CCC3)cn2)cc(C(=O)Nc2cnccn2)c1. The number of hydrogen-bond donors (Lipinski definition) is 1. The molecule has 32 heavy (non-hydrogen) atoms. The molecule has 0 bridgehead atoms. The van der Waals surface area contributed by atoms with Crippen molar-refractivity contribution in [3.8, 4) is 17.4 Å². The van der Waals surface area contributed by atoms with Gasteiger partial charge in [-0.15, -0.1) is 0 Å². The van der Waals surface area contributed by atoms with Gasteiger partial charge >= 0.3 is 0 Å². The minimum Gasteiger partial charge on any atom is -0.491 e. The quantitative estimate of drug-likeness (QED) is 0.603. The lowest BCUT2D eigenvalue weighted by atomic mass is 10.2. The van der Waals surface area contributed by atoms with E-state index in [4.69, 9.17) is 9.47 Å². The van der Waals surface area contributed by atoms with Crippen molar-refractivity contribution in [2.24, 2.45) is 0 Å². The third kappa shape index (κ3) is 5.15. The minimum absolute atomic E-state index is 0.104. The van der Waals surface area contributed by atoms with Gasteiger partial charge < -0.3 is 19.7 Å². The largest absolute Gasteiger partial charge is 0.491 e. The summed E-state index contributed by atoms with van der Waals surface area (Å²) >= 11 is 0. The summed E-state index contributed by atoms with van der Waals surface area (Å²) in [5.74, 6) is 0.759. The molecule has 3 aromatic rings. The monoisotopic (exact) mass is 434 g/mol. The second kappa shape index (κ2) is 9.38. The highest BCUT2D eigenvalue weighted by Gasteiger charge is 2.23. The van der Waals surface area contributed by atoms with E-state index in [-0.39, 0.29) is 23.6 Å². The Bertz CT molecular complexity index is 1100. The van der Waals surface area contributed by atoms with Crippen molar-refractivity contribution in [2.75, 3.05) is 18.4 Å². The summed E-state index contributed by atoms with van der Waals surface area (Å²) in [6, 6.07) is 4.82. The normalized spacial score (nSPS) is 12.8. The number of anilines is 1. The highest BCUT2D eigenvalue weighted by atomic mass is 16.5. The molecule has 0 spiro atoms. The van der Waals surface area contributed by atoms with Crippen molar-refractivity contribution >= 4 is 17.6 Å². The Labute approximate surface area is 184 Å². The summed E-state index contributed by atoms with van der Waals surface area (Å²) in [6.07, 6.45) is 8.10. The number of aromatic nitrogens is 4. The zero-order valence-electron chi connectivity index (χ0n) is 17.7. The third-order valence-electron chi connectivity index (χ3n) is 4.53. The molecule has 1 aliphatic rings. The molecule has 0 aliphatic carbocycles. The van der Waals surface area contributed by atoms with E-state index in [1.165, 1.54) is 31.0 Å². The summed E-state index contributed by atoms with van der Waals surface area (Å²) in [7, 11) is 0. The van der Waals surface area contributed by atoms with Gasteiger partial charge in [-0.2, -0.15) is 0 Å². The molecule has 0 unspecified atom stereocenters. The van der Waals surface area contributed by atoms with E-state index in [1.807, 2.05) is 13.8 Å². The van der Waals surface area contributed by atoms with E-state index in [0.717, 1.165) is 19.5 Å². The van der Waals surface area contributed by atoms with Gasteiger partial charge in [0, 0.05) is 37.1 Å². The van der Waals surface area contributed by atoms with Crippen LogP contribution in [-0.4, -0.2) is 55.8 Å². The topological polar surface area (TPSA) is 119 Å². The van der Waals surface area contributed by atoms with Crippen LogP contribution >= 0.6 is 0 Å². The molecule has 1 aliphatic heterocycles.